The Morgan fingerprint density at radius 3 is 2.70 bits per heavy atom. The Labute approximate surface area is 59.7 Å². The van der Waals surface area contributed by atoms with E-state index < -0.39 is 5.83 Å². The van der Waals surface area contributed by atoms with Crippen LogP contribution in [0.5, 0.6) is 0 Å². The van der Waals surface area contributed by atoms with E-state index in [-0.39, 0.29) is 5.57 Å². The summed E-state index contributed by atoms with van der Waals surface area (Å²) in [7, 11) is 1.46. The highest BCUT2D eigenvalue weighted by atomic mass is 19.1. The van der Waals surface area contributed by atoms with Crippen molar-refractivity contribution in [1.82, 2.24) is 0 Å². The molecule has 0 aromatic carbocycles. The van der Waals surface area contributed by atoms with Crippen LogP contribution >= 0.6 is 0 Å². The predicted molar refractivity (Wildman–Crippen MR) is 38.5 cm³/mol. The van der Waals surface area contributed by atoms with Gasteiger partial charge in [0.05, 0.1) is 17.9 Å². The fourth-order valence-electron chi connectivity index (χ4n) is 0.493. The van der Waals surface area contributed by atoms with Crippen LogP contribution in [0.1, 0.15) is 13.3 Å². The normalized spacial score (nSPS) is 13.0. The summed E-state index contributed by atoms with van der Waals surface area (Å²) in [4.78, 5) is 3.44. The summed E-state index contributed by atoms with van der Waals surface area (Å²) in [5.41, 5.74) is 0.144. The van der Waals surface area contributed by atoms with Gasteiger partial charge in [-0.1, -0.05) is 6.92 Å². The number of rotatable bonds is 2. The number of nitrogens with zero attached hydrogens (tertiary/aromatic N) is 2. The molecule has 0 rings (SSSR count). The number of allylic oxidation sites excluding steroid dienone is 2. The van der Waals surface area contributed by atoms with Gasteiger partial charge in [0, 0.05) is 7.05 Å². The third-order valence-corrected chi connectivity index (χ3v) is 1.02. The Hall–Kier alpha value is -1.17. The molecule has 0 aliphatic heterocycles. The molecule has 2 nitrogen and oxygen atoms in total. The predicted octanol–water partition coefficient (Wildman–Crippen LogP) is 1.84. The zero-order valence-electron chi connectivity index (χ0n) is 6.06. The first-order valence-corrected chi connectivity index (χ1v) is 2.97. The molecule has 0 aliphatic rings. The quantitative estimate of drug-likeness (QED) is 0.426. The number of aliphatic imine (C=N–C) groups is 1. The first kappa shape index (κ1) is 8.83. The maximum atomic E-state index is 12.6. The molecule has 0 aromatic rings. The van der Waals surface area contributed by atoms with Crippen LogP contribution < -0.4 is 0 Å². The van der Waals surface area contributed by atoms with Gasteiger partial charge in [-0.3, -0.25) is 4.99 Å². The summed E-state index contributed by atoms with van der Waals surface area (Å²) in [6.07, 6.45) is 1.45. The van der Waals surface area contributed by atoms with Crippen LogP contribution in [0.2, 0.25) is 0 Å². The van der Waals surface area contributed by atoms with Crippen LogP contribution in [0, 0.1) is 11.3 Å². The van der Waals surface area contributed by atoms with Crippen LogP contribution in [-0.4, -0.2) is 13.3 Å². The fraction of sp³-hybridized carbons (Fsp3) is 0.429. The van der Waals surface area contributed by atoms with Gasteiger partial charge < -0.3 is 0 Å². The van der Waals surface area contributed by atoms with Gasteiger partial charge in [-0.05, 0) is 6.42 Å². The molecule has 0 radical (unpaired) electrons. The highest BCUT2D eigenvalue weighted by molar-refractivity contribution is 5.77. The van der Waals surface area contributed by atoms with Gasteiger partial charge in [0.1, 0.15) is 0 Å². The second-order valence-corrected chi connectivity index (χ2v) is 1.68. The lowest BCUT2D eigenvalue weighted by molar-refractivity contribution is 0.673. The van der Waals surface area contributed by atoms with Crippen LogP contribution in [-0.2, 0) is 0 Å². The Balaban J connectivity index is 4.47. The van der Waals surface area contributed by atoms with Gasteiger partial charge >= 0.3 is 0 Å². The van der Waals surface area contributed by atoms with Crippen molar-refractivity contribution in [2.75, 3.05) is 7.05 Å². The smallest absolute Gasteiger partial charge is 0.154 e. The third-order valence-electron chi connectivity index (χ3n) is 1.02. The van der Waals surface area contributed by atoms with Crippen molar-refractivity contribution in [2.24, 2.45) is 4.99 Å². The number of hydrogen-bond donors (Lipinski definition) is 0. The SMILES string of the molecule is CC/C(C#N)=C(/F)C=NC. The molecule has 0 saturated carbocycles. The van der Waals surface area contributed by atoms with Crippen LogP contribution in [0.15, 0.2) is 16.4 Å². The number of halogens is 1. The largest absolute Gasteiger partial charge is 0.293 e. The Morgan fingerprint density at radius 1 is 1.80 bits per heavy atom. The first-order chi connectivity index (χ1) is 4.76. The summed E-state index contributed by atoms with van der Waals surface area (Å²) in [6, 6.07) is 1.75. The van der Waals surface area contributed by atoms with E-state index in [1.165, 1.54) is 7.05 Å². The lowest BCUT2D eigenvalue weighted by Gasteiger charge is -1.89. The zero-order chi connectivity index (χ0) is 7.98. The molecule has 54 valence electrons. The molecule has 0 spiro atoms. The van der Waals surface area contributed by atoms with Gasteiger partial charge in [0.2, 0.25) is 0 Å². The minimum atomic E-state index is -0.535. The van der Waals surface area contributed by atoms with Gasteiger partial charge in [-0.2, -0.15) is 5.26 Å². The molecular weight excluding hydrogens is 131 g/mol. The average Bonchev–Trinajstić information content (AvgIpc) is 1.91. The highest BCUT2D eigenvalue weighted by Crippen LogP contribution is 2.06. The van der Waals surface area contributed by atoms with E-state index >= 15 is 0 Å². The summed E-state index contributed by atoms with van der Waals surface area (Å²) in [5, 5.41) is 8.31. The van der Waals surface area contributed by atoms with Crippen molar-refractivity contribution in [3.8, 4) is 6.07 Å². The van der Waals surface area contributed by atoms with Crippen molar-refractivity contribution in [1.29, 1.82) is 5.26 Å². The van der Waals surface area contributed by atoms with Crippen molar-refractivity contribution in [3.05, 3.63) is 11.4 Å². The van der Waals surface area contributed by atoms with Gasteiger partial charge in [0.15, 0.2) is 5.83 Å². The molecule has 3 heteroatoms. The summed E-state index contributed by atoms with van der Waals surface area (Å²) >= 11 is 0. The number of hydrogen-bond acceptors (Lipinski definition) is 2. The molecule has 10 heavy (non-hydrogen) atoms. The van der Waals surface area contributed by atoms with E-state index in [4.69, 9.17) is 5.26 Å². The summed E-state index contributed by atoms with van der Waals surface area (Å²) in [5.74, 6) is -0.535. The molecule has 0 heterocycles. The van der Waals surface area contributed by atoms with E-state index in [1.807, 2.05) is 0 Å². The van der Waals surface area contributed by atoms with Gasteiger partial charge in [-0.25, -0.2) is 4.39 Å². The summed E-state index contributed by atoms with van der Waals surface area (Å²) < 4.78 is 12.6. The maximum Gasteiger partial charge on any atom is 0.154 e. The number of nitriles is 1. The molecule has 0 N–H and O–H groups in total. The lowest BCUT2D eigenvalue weighted by atomic mass is 10.2. The molecule has 0 bridgehead atoms. The van der Waals surface area contributed by atoms with E-state index in [2.05, 4.69) is 4.99 Å². The van der Waals surface area contributed by atoms with Crippen molar-refractivity contribution >= 4 is 6.21 Å². The van der Waals surface area contributed by atoms with Crippen LogP contribution in [0.3, 0.4) is 0 Å². The molecule has 0 amide bonds. The van der Waals surface area contributed by atoms with E-state index in [0.717, 1.165) is 6.21 Å². The lowest BCUT2D eigenvalue weighted by Crippen LogP contribution is -1.83. The molecule has 0 atom stereocenters. The molecule has 0 saturated heterocycles. The molecular formula is C7H9FN2. The van der Waals surface area contributed by atoms with Gasteiger partial charge in [0.25, 0.3) is 0 Å². The second kappa shape index (κ2) is 4.68. The standard InChI is InChI=1S/C7H9FN2/c1-3-6(4-9)7(8)5-10-2/h5H,3H2,1-2H3/b7-6-,10-5?. The molecule has 0 aliphatic carbocycles. The van der Waals surface area contributed by atoms with Crippen LogP contribution in [0.25, 0.3) is 0 Å². The molecule has 0 unspecified atom stereocenters. The Kier molecular flexibility index (Phi) is 4.14. The maximum absolute atomic E-state index is 12.6. The highest BCUT2D eigenvalue weighted by Gasteiger charge is 1.98. The Morgan fingerprint density at radius 2 is 2.40 bits per heavy atom. The van der Waals surface area contributed by atoms with Crippen molar-refractivity contribution in [2.45, 2.75) is 13.3 Å². The minimum Gasteiger partial charge on any atom is -0.293 e. The molecule has 0 aromatic heterocycles. The fourth-order valence-corrected chi connectivity index (χ4v) is 0.493. The second-order valence-electron chi connectivity index (χ2n) is 1.68. The first-order valence-electron chi connectivity index (χ1n) is 2.97. The zero-order valence-corrected chi connectivity index (χ0v) is 6.06. The van der Waals surface area contributed by atoms with E-state index in [0.29, 0.717) is 6.42 Å². The monoisotopic (exact) mass is 140 g/mol. The third kappa shape index (κ3) is 2.40. The van der Waals surface area contributed by atoms with E-state index in [9.17, 15) is 4.39 Å². The Bertz CT molecular complexity index is 198. The van der Waals surface area contributed by atoms with Gasteiger partial charge in [-0.15, -0.1) is 0 Å². The topological polar surface area (TPSA) is 36.1 Å². The van der Waals surface area contributed by atoms with Crippen molar-refractivity contribution in [3.63, 3.8) is 0 Å². The minimum absolute atomic E-state index is 0.144. The van der Waals surface area contributed by atoms with Crippen LogP contribution in [0.4, 0.5) is 4.39 Å². The van der Waals surface area contributed by atoms with Crippen molar-refractivity contribution < 1.29 is 4.39 Å². The summed E-state index contributed by atoms with van der Waals surface area (Å²) in [6.45, 7) is 1.72. The molecule has 0 fully saturated rings. The average molecular weight is 140 g/mol. The van der Waals surface area contributed by atoms with E-state index in [1.54, 1.807) is 13.0 Å².